The molecule has 0 saturated carbocycles. The summed E-state index contributed by atoms with van der Waals surface area (Å²) in [4.78, 5) is 22.6. The van der Waals surface area contributed by atoms with Crippen LogP contribution in [-0.4, -0.2) is 34.7 Å². The van der Waals surface area contributed by atoms with Gasteiger partial charge >= 0.3 is 5.97 Å². The molecular formula is C9H11NO4. The first-order valence-electron chi connectivity index (χ1n) is 4.37. The molecule has 2 heterocycles. The molecule has 2 saturated heterocycles. The lowest BCUT2D eigenvalue weighted by Gasteiger charge is -2.44. The molecule has 0 bridgehead atoms. The Kier molecular flexibility index (Phi) is 1.69. The third-order valence-corrected chi connectivity index (χ3v) is 2.91. The normalized spacial score (nSPS) is 41.9. The van der Waals surface area contributed by atoms with Gasteiger partial charge in [-0.05, 0) is 6.92 Å². The maximum Gasteiger partial charge on any atom is 0.339 e. The average Bonchev–Trinajstić information content (AvgIpc) is 2.37. The number of aliphatic hydroxyl groups is 1. The van der Waals surface area contributed by atoms with E-state index >= 15 is 0 Å². The second kappa shape index (κ2) is 2.57. The maximum atomic E-state index is 11.3. The molecule has 4 atom stereocenters. The molecule has 0 aromatic carbocycles. The lowest BCUT2D eigenvalue weighted by Crippen LogP contribution is -2.72. The van der Waals surface area contributed by atoms with Crippen LogP contribution >= 0.6 is 0 Å². The summed E-state index contributed by atoms with van der Waals surface area (Å²) in [5.41, 5.74) is -1.28. The highest BCUT2D eigenvalue weighted by atomic mass is 16.6. The summed E-state index contributed by atoms with van der Waals surface area (Å²) in [5.74, 6) is -1.28. The SMILES string of the molecule is C=C[C@H](O)[C@@]12NC(=O)[C@H](C)[C@@H]1OC2=O. The molecule has 2 N–H and O–H groups in total. The molecule has 2 fully saturated rings. The van der Waals surface area contributed by atoms with Crippen LogP contribution in [0.1, 0.15) is 6.92 Å². The van der Waals surface area contributed by atoms with Crippen molar-refractivity contribution in [2.24, 2.45) is 5.92 Å². The Morgan fingerprint density at radius 1 is 1.71 bits per heavy atom. The fraction of sp³-hybridized carbons (Fsp3) is 0.556. The van der Waals surface area contributed by atoms with Gasteiger partial charge in [0.2, 0.25) is 11.4 Å². The molecule has 0 aromatic heterocycles. The molecule has 5 nitrogen and oxygen atoms in total. The highest BCUT2D eigenvalue weighted by Gasteiger charge is 2.70. The Labute approximate surface area is 80.7 Å². The number of nitrogens with one attached hydrogen (secondary N) is 1. The molecule has 2 rings (SSSR count). The zero-order valence-electron chi connectivity index (χ0n) is 7.69. The van der Waals surface area contributed by atoms with Gasteiger partial charge in [0.15, 0.2) is 0 Å². The number of fused-ring (bicyclic) bond motifs is 1. The number of hydrogen-bond donors (Lipinski definition) is 2. The quantitative estimate of drug-likeness (QED) is 0.438. The standard InChI is InChI=1S/C9H11NO4/c1-3-5(11)9-6(14-8(9)13)4(2)7(12)10-9/h3-6,11H,1H2,2H3,(H,10,12)/t4-,5+,6+,9-/m1/s1. The summed E-state index contributed by atoms with van der Waals surface area (Å²) in [6.07, 6.45) is -0.440. The van der Waals surface area contributed by atoms with Crippen LogP contribution in [-0.2, 0) is 14.3 Å². The zero-order chi connectivity index (χ0) is 10.5. The summed E-state index contributed by atoms with van der Waals surface area (Å²) >= 11 is 0. The maximum absolute atomic E-state index is 11.3. The fourth-order valence-corrected chi connectivity index (χ4v) is 1.99. The van der Waals surface area contributed by atoms with E-state index in [2.05, 4.69) is 11.9 Å². The van der Waals surface area contributed by atoms with Crippen molar-refractivity contribution >= 4 is 11.9 Å². The van der Waals surface area contributed by atoms with E-state index in [1.807, 2.05) is 0 Å². The van der Waals surface area contributed by atoms with Gasteiger partial charge in [-0.3, -0.25) is 4.79 Å². The van der Waals surface area contributed by atoms with Gasteiger partial charge in [-0.25, -0.2) is 4.79 Å². The largest absolute Gasteiger partial charge is 0.456 e. The Hall–Kier alpha value is -1.36. The number of hydrogen-bond acceptors (Lipinski definition) is 4. The first-order chi connectivity index (χ1) is 6.54. The van der Waals surface area contributed by atoms with Crippen molar-refractivity contribution in [2.75, 3.05) is 0 Å². The predicted octanol–water partition coefficient (Wildman–Crippen LogP) is -1.04. The van der Waals surface area contributed by atoms with Crippen LogP contribution in [0.5, 0.6) is 0 Å². The number of aliphatic hydroxyl groups excluding tert-OH is 1. The van der Waals surface area contributed by atoms with E-state index in [0.29, 0.717) is 0 Å². The van der Waals surface area contributed by atoms with Crippen LogP contribution in [0.15, 0.2) is 12.7 Å². The van der Waals surface area contributed by atoms with Crippen molar-refractivity contribution in [3.8, 4) is 0 Å². The van der Waals surface area contributed by atoms with Gasteiger partial charge in [-0.1, -0.05) is 6.08 Å². The highest BCUT2D eigenvalue weighted by molar-refractivity contribution is 6.00. The molecule has 0 spiro atoms. The minimum atomic E-state index is -1.28. The lowest BCUT2D eigenvalue weighted by atomic mass is 9.80. The average molecular weight is 197 g/mol. The first-order valence-corrected chi connectivity index (χ1v) is 4.37. The summed E-state index contributed by atoms with van der Waals surface area (Å²) in [5, 5.41) is 12.1. The molecule has 5 heteroatoms. The Bertz CT molecular complexity index is 327. The van der Waals surface area contributed by atoms with Crippen molar-refractivity contribution in [3.63, 3.8) is 0 Å². The molecule has 0 unspecified atom stereocenters. The zero-order valence-corrected chi connectivity index (χ0v) is 7.69. The molecule has 0 radical (unpaired) electrons. The predicted molar refractivity (Wildman–Crippen MR) is 46.1 cm³/mol. The minimum absolute atomic E-state index is 0.276. The van der Waals surface area contributed by atoms with Crippen LogP contribution < -0.4 is 5.32 Å². The van der Waals surface area contributed by atoms with Gasteiger partial charge in [0.25, 0.3) is 0 Å². The highest BCUT2D eigenvalue weighted by Crippen LogP contribution is 2.40. The topological polar surface area (TPSA) is 75.6 Å². The molecular weight excluding hydrogens is 186 g/mol. The molecule has 1 amide bonds. The number of esters is 1. The number of amides is 1. The van der Waals surface area contributed by atoms with Crippen molar-refractivity contribution in [1.82, 2.24) is 5.32 Å². The van der Waals surface area contributed by atoms with E-state index in [1.54, 1.807) is 6.92 Å². The monoisotopic (exact) mass is 197 g/mol. The van der Waals surface area contributed by atoms with Crippen LogP contribution in [0.4, 0.5) is 0 Å². The summed E-state index contributed by atoms with van der Waals surface area (Å²) in [7, 11) is 0. The van der Waals surface area contributed by atoms with Crippen LogP contribution in [0.3, 0.4) is 0 Å². The molecule has 2 aliphatic rings. The second-order valence-electron chi connectivity index (χ2n) is 3.65. The van der Waals surface area contributed by atoms with Crippen molar-refractivity contribution < 1.29 is 19.4 Å². The van der Waals surface area contributed by atoms with Gasteiger partial charge in [-0.15, -0.1) is 6.58 Å². The van der Waals surface area contributed by atoms with Gasteiger partial charge in [0.05, 0.1) is 5.92 Å². The number of carbonyl (C=O) groups excluding carboxylic acids is 2. The summed E-state index contributed by atoms with van der Waals surface area (Å²) in [6, 6.07) is 0. The first kappa shape index (κ1) is 9.21. The molecule has 14 heavy (non-hydrogen) atoms. The van der Waals surface area contributed by atoms with Gasteiger partial charge in [-0.2, -0.15) is 0 Å². The van der Waals surface area contributed by atoms with Crippen LogP contribution in [0.2, 0.25) is 0 Å². The second-order valence-corrected chi connectivity index (χ2v) is 3.65. The number of carbonyl (C=O) groups is 2. The van der Waals surface area contributed by atoms with E-state index in [-0.39, 0.29) is 5.91 Å². The van der Waals surface area contributed by atoms with E-state index in [1.165, 1.54) is 6.08 Å². The van der Waals surface area contributed by atoms with Gasteiger partial charge in [0.1, 0.15) is 12.2 Å². The molecule has 2 aliphatic heterocycles. The minimum Gasteiger partial charge on any atom is -0.456 e. The third-order valence-electron chi connectivity index (χ3n) is 2.91. The van der Waals surface area contributed by atoms with Gasteiger partial charge < -0.3 is 15.2 Å². The molecule has 0 aromatic rings. The Morgan fingerprint density at radius 3 is 2.79 bits per heavy atom. The number of ether oxygens (including phenoxy) is 1. The van der Waals surface area contributed by atoms with Crippen LogP contribution in [0.25, 0.3) is 0 Å². The lowest BCUT2D eigenvalue weighted by molar-refractivity contribution is -0.200. The van der Waals surface area contributed by atoms with Crippen LogP contribution in [0, 0.1) is 5.92 Å². The Balaban J connectivity index is 2.37. The summed E-state index contributed by atoms with van der Waals surface area (Å²) < 4.78 is 4.84. The number of rotatable bonds is 2. The van der Waals surface area contributed by atoms with E-state index in [9.17, 15) is 14.7 Å². The van der Waals surface area contributed by atoms with Crippen molar-refractivity contribution in [3.05, 3.63) is 12.7 Å². The molecule has 0 aliphatic carbocycles. The smallest absolute Gasteiger partial charge is 0.339 e. The summed E-state index contributed by atoms with van der Waals surface area (Å²) in [6.45, 7) is 5.05. The van der Waals surface area contributed by atoms with Crippen molar-refractivity contribution in [1.29, 1.82) is 0 Å². The van der Waals surface area contributed by atoms with Crippen molar-refractivity contribution in [2.45, 2.75) is 24.7 Å². The van der Waals surface area contributed by atoms with Gasteiger partial charge in [0, 0.05) is 0 Å². The van der Waals surface area contributed by atoms with E-state index in [4.69, 9.17) is 4.74 Å². The van der Waals surface area contributed by atoms with E-state index < -0.39 is 29.6 Å². The van der Waals surface area contributed by atoms with E-state index in [0.717, 1.165) is 0 Å². The Morgan fingerprint density at radius 2 is 2.36 bits per heavy atom. The molecule has 76 valence electrons. The fourth-order valence-electron chi connectivity index (χ4n) is 1.99. The third kappa shape index (κ3) is 0.778.